The first-order valence-electron chi connectivity index (χ1n) is 9.38. The smallest absolute Gasteiger partial charge is 0.249 e. The van der Waals surface area contributed by atoms with E-state index in [0.717, 1.165) is 23.7 Å². The van der Waals surface area contributed by atoms with E-state index in [1.54, 1.807) is 6.20 Å². The fraction of sp³-hybridized carbons (Fsp3) is 0.238. The first kappa shape index (κ1) is 16.7. The van der Waals surface area contributed by atoms with Gasteiger partial charge in [-0.15, -0.1) is 0 Å². The molecule has 7 heteroatoms. The average molecular weight is 373 g/mol. The van der Waals surface area contributed by atoms with Gasteiger partial charge in [0.1, 0.15) is 18.3 Å². The molecule has 1 fully saturated rings. The van der Waals surface area contributed by atoms with Gasteiger partial charge in [0.15, 0.2) is 0 Å². The van der Waals surface area contributed by atoms with Crippen LogP contribution in [0.5, 0.6) is 0 Å². The van der Waals surface area contributed by atoms with E-state index in [4.69, 9.17) is 4.52 Å². The van der Waals surface area contributed by atoms with Crippen LogP contribution in [0.15, 0.2) is 65.4 Å². The van der Waals surface area contributed by atoms with E-state index < -0.39 is 0 Å². The largest absolute Gasteiger partial charge is 0.338 e. The lowest BCUT2D eigenvalue weighted by Crippen LogP contribution is -2.33. The molecule has 7 nitrogen and oxygen atoms in total. The van der Waals surface area contributed by atoms with E-state index >= 15 is 0 Å². The van der Waals surface area contributed by atoms with Gasteiger partial charge in [0.2, 0.25) is 17.6 Å². The summed E-state index contributed by atoms with van der Waals surface area (Å²) in [6.45, 7) is 0.995. The highest BCUT2D eigenvalue weighted by molar-refractivity contribution is 5.83. The Labute approximate surface area is 161 Å². The number of fused-ring (bicyclic) bond motifs is 1. The maximum absolute atomic E-state index is 13.0. The Hall–Kier alpha value is -3.48. The molecular weight excluding hydrogens is 354 g/mol. The lowest BCUT2D eigenvalue weighted by atomic mass is 10.2. The van der Waals surface area contributed by atoms with Gasteiger partial charge in [0.05, 0.1) is 0 Å². The van der Waals surface area contributed by atoms with Gasteiger partial charge in [-0.05, 0) is 42.5 Å². The van der Waals surface area contributed by atoms with Crippen molar-refractivity contribution < 1.29 is 9.32 Å². The second-order valence-corrected chi connectivity index (χ2v) is 6.92. The minimum atomic E-state index is -0.181. The molecule has 1 amide bonds. The molecule has 0 radical (unpaired) electrons. The summed E-state index contributed by atoms with van der Waals surface area (Å²) in [5.74, 6) is 0.983. The van der Waals surface area contributed by atoms with Gasteiger partial charge in [-0.2, -0.15) is 4.98 Å². The van der Waals surface area contributed by atoms with Crippen molar-refractivity contribution in [2.45, 2.75) is 25.4 Å². The lowest BCUT2D eigenvalue weighted by molar-refractivity contribution is -0.133. The van der Waals surface area contributed by atoms with Crippen molar-refractivity contribution in [3.63, 3.8) is 0 Å². The van der Waals surface area contributed by atoms with E-state index in [-0.39, 0.29) is 11.9 Å². The second-order valence-electron chi connectivity index (χ2n) is 6.92. The van der Waals surface area contributed by atoms with Crippen molar-refractivity contribution in [1.82, 2.24) is 24.6 Å². The highest BCUT2D eigenvalue weighted by atomic mass is 16.5. The van der Waals surface area contributed by atoms with Crippen molar-refractivity contribution >= 4 is 16.8 Å². The molecule has 28 heavy (non-hydrogen) atoms. The molecule has 1 aromatic carbocycles. The molecule has 0 aliphatic carbocycles. The number of nitrogens with zero attached hydrogens (tertiary/aromatic N) is 5. The topological polar surface area (TPSA) is 77.1 Å². The second kappa shape index (κ2) is 6.92. The summed E-state index contributed by atoms with van der Waals surface area (Å²) in [7, 11) is 0. The van der Waals surface area contributed by atoms with Gasteiger partial charge in [0.25, 0.3) is 0 Å². The zero-order chi connectivity index (χ0) is 18.9. The van der Waals surface area contributed by atoms with Gasteiger partial charge >= 0.3 is 0 Å². The van der Waals surface area contributed by atoms with E-state index in [1.807, 2.05) is 64.2 Å². The standard InChI is InChI=1S/C21H19N5O2/c27-19(14-25-13-10-15-6-1-2-8-17(15)25)26-12-5-9-18(26)21-23-20(24-28-21)16-7-3-4-11-22-16/h1-4,6-8,10-11,13,18H,5,9,12,14H2/t18-/m1/s1. The molecule has 4 aromatic rings. The summed E-state index contributed by atoms with van der Waals surface area (Å²) in [4.78, 5) is 23.6. The molecule has 0 saturated carbocycles. The van der Waals surface area contributed by atoms with Crippen LogP contribution >= 0.6 is 0 Å². The van der Waals surface area contributed by atoms with Crippen LogP contribution in [-0.2, 0) is 11.3 Å². The maximum Gasteiger partial charge on any atom is 0.249 e. The Balaban J connectivity index is 1.37. The van der Waals surface area contributed by atoms with Crippen LogP contribution < -0.4 is 0 Å². The Morgan fingerprint density at radius 2 is 2.04 bits per heavy atom. The minimum Gasteiger partial charge on any atom is -0.338 e. The quantitative estimate of drug-likeness (QED) is 0.548. The molecule has 5 rings (SSSR count). The summed E-state index contributed by atoms with van der Waals surface area (Å²) in [6, 6.07) is 15.5. The Morgan fingerprint density at radius 1 is 1.14 bits per heavy atom. The molecule has 1 aliphatic heterocycles. The highest BCUT2D eigenvalue weighted by Gasteiger charge is 2.34. The molecule has 1 aliphatic rings. The van der Waals surface area contributed by atoms with Gasteiger partial charge in [-0.3, -0.25) is 9.78 Å². The molecule has 1 saturated heterocycles. The van der Waals surface area contributed by atoms with Gasteiger partial charge in [-0.1, -0.05) is 29.4 Å². The minimum absolute atomic E-state index is 0.0569. The molecule has 0 N–H and O–H groups in total. The summed E-state index contributed by atoms with van der Waals surface area (Å²) >= 11 is 0. The molecule has 1 atom stereocenters. The molecule has 0 spiro atoms. The van der Waals surface area contributed by atoms with Crippen molar-refractivity contribution in [2.75, 3.05) is 6.54 Å². The number of para-hydroxylation sites is 1. The number of hydrogen-bond donors (Lipinski definition) is 0. The first-order chi connectivity index (χ1) is 13.8. The summed E-state index contributed by atoms with van der Waals surface area (Å²) in [5.41, 5.74) is 1.72. The van der Waals surface area contributed by atoms with E-state index in [9.17, 15) is 4.79 Å². The predicted octanol–water partition coefficient (Wildman–Crippen LogP) is 3.45. The lowest BCUT2D eigenvalue weighted by Gasteiger charge is -2.22. The Kier molecular flexibility index (Phi) is 4.12. The van der Waals surface area contributed by atoms with Gasteiger partial charge < -0.3 is 14.0 Å². The number of benzene rings is 1. The predicted molar refractivity (Wildman–Crippen MR) is 103 cm³/mol. The number of carbonyl (C=O) groups excluding carboxylic acids is 1. The van der Waals surface area contributed by atoms with Gasteiger partial charge in [-0.25, -0.2) is 0 Å². The summed E-state index contributed by atoms with van der Waals surface area (Å²) in [5, 5.41) is 5.18. The zero-order valence-corrected chi connectivity index (χ0v) is 15.2. The number of likely N-dealkylation sites (tertiary alicyclic amines) is 1. The maximum atomic E-state index is 13.0. The summed E-state index contributed by atoms with van der Waals surface area (Å²) < 4.78 is 7.47. The summed E-state index contributed by atoms with van der Waals surface area (Å²) in [6.07, 6.45) is 5.39. The van der Waals surface area contributed by atoms with Crippen molar-refractivity contribution in [1.29, 1.82) is 0 Å². The number of aromatic nitrogens is 4. The third-order valence-electron chi connectivity index (χ3n) is 5.18. The number of hydrogen-bond acceptors (Lipinski definition) is 5. The van der Waals surface area contributed by atoms with Crippen molar-refractivity contribution in [2.24, 2.45) is 0 Å². The average Bonchev–Trinajstić information content (AvgIpc) is 3.48. The van der Waals surface area contributed by atoms with Crippen LogP contribution in [0.25, 0.3) is 22.4 Å². The molecule has 140 valence electrons. The fourth-order valence-corrected chi connectivity index (χ4v) is 3.81. The normalized spacial score (nSPS) is 16.7. The number of pyridine rings is 1. The molecular formula is C21H19N5O2. The molecule has 4 heterocycles. The zero-order valence-electron chi connectivity index (χ0n) is 15.2. The van der Waals surface area contributed by atoms with Crippen LogP contribution in [0.1, 0.15) is 24.8 Å². The Morgan fingerprint density at radius 3 is 2.93 bits per heavy atom. The van der Waals surface area contributed by atoms with Crippen LogP contribution in [0.3, 0.4) is 0 Å². The Bertz CT molecular complexity index is 1120. The third-order valence-corrected chi connectivity index (χ3v) is 5.18. The third kappa shape index (κ3) is 2.94. The number of amides is 1. The van der Waals surface area contributed by atoms with Crippen LogP contribution in [0, 0.1) is 0 Å². The number of carbonyl (C=O) groups is 1. The highest BCUT2D eigenvalue weighted by Crippen LogP contribution is 2.32. The van der Waals surface area contributed by atoms with E-state index in [0.29, 0.717) is 30.5 Å². The van der Waals surface area contributed by atoms with Crippen LogP contribution in [0.4, 0.5) is 0 Å². The van der Waals surface area contributed by atoms with E-state index in [2.05, 4.69) is 15.1 Å². The number of rotatable bonds is 4. The van der Waals surface area contributed by atoms with Gasteiger partial charge in [0, 0.05) is 24.5 Å². The molecule has 3 aromatic heterocycles. The fourth-order valence-electron chi connectivity index (χ4n) is 3.81. The first-order valence-corrected chi connectivity index (χ1v) is 9.38. The van der Waals surface area contributed by atoms with Crippen LogP contribution in [0.2, 0.25) is 0 Å². The van der Waals surface area contributed by atoms with Crippen molar-refractivity contribution in [3.05, 3.63) is 66.8 Å². The van der Waals surface area contributed by atoms with Crippen molar-refractivity contribution in [3.8, 4) is 11.5 Å². The van der Waals surface area contributed by atoms with E-state index in [1.165, 1.54) is 0 Å². The monoisotopic (exact) mass is 373 g/mol. The van der Waals surface area contributed by atoms with Crippen LogP contribution in [-0.4, -0.2) is 37.0 Å². The molecule has 0 bridgehead atoms. The molecule has 0 unspecified atom stereocenters. The SMILES string of the molecule is O=C(Cn1ccc2ccccc21)N1CCC[C@@H]1c1nc(-c2ccccn2)no1.